The van der Waals surface area contributed by atoms with Gasteiger partial charge in [0.2, 0.25) is 27.7 Å². The maximum atomic E-state index is 13.1. The van der Waals surface area contributed by atoms with Crippen LogP contribution in [0.2, 0.25) is 0 Å². The van der Waals surface area contributed by atoms with Gasteiger partial charge < -0.3 is 15.5 Å². The Labute approximate surface area is 151 Å². The summed E-state index contributed by atoms with van der Waals surface area (Å²) in [5, 5.41) is 0. The zero-order valence-electron chi connectivity index (χ0n) is 14.3. The van der Waals surface area contributed by atoms with E-state index < -0.39 is 28.0 Å². The zero-order chi connectivity index (χ0) is 19.1. The van der Waals surface area contributed by atoms with Gasteiger partial charge in [0.25, 0.3) is 0 Å². The molecule has 1 atom stereocenters. The first kappa shape index (κ1) is 18.3. The molecule has 0 radical (unpaired) electrons. The van der Waals surface area contributed by atoms with Crippen molar-refractivity contribution < 1.29 is 22.8 Å². The van der Waals surface area contributed by atoms with Crippen molar-refractivity contribution in [2.45, 2.75) is 24.4 Å². The second-order valence-corrected chi connectivity index (χ2v) is 8.31. The monoisotopic (exact) mass is 380 g/mol. The summed E-state index contributed by atoms with van der Waals surface area (Å²) in [6.45, 7) is 1.21. The normalized spacial score (nSPS) is 21.7. The van der Waals surface area contributed by atoms with Crippen LogP contribution in [0.25, 0.3) is 0 Å². The van der Waals surface area contributed by atoms with Crippen molar-refractivity contribution in [2.24, 2.45) is 5.73 Å². The summed E-state index contributed by atoms with van der Waals surface area (Å²) in [4.78, 5) is 38.1. The molecule has 10 heteroatoms. The van der Waals surface area contributed by atoms with E-state index in [2.05, 4.69) is 0 Å². The molecule has 1 aromatic rings. The minimum absolute atomic E-state index is 0.00465. The van der Waals surface area contributed by atoms with E-state index in [1.165, 1.54) is 26.2 Å². The van der Waals surface area contributed by atoms with Crippen LogP contribution in [0, 0.1) is 6.92 Å². The van der Waals surface area contributed by atoms with E-state index in [0.717, 1.165) is 5.56 Å². The number of rotatable bonds is 4. The minimum atomic E-state index is -3.86. The van der Waals surface area contributed by atoms with Gasteiger partial charge in [-0.3, -0.25) is 14.4 Å². The standard InChI is InChI=1S/C16H20N4O5S/c1-11-2-4-12(5-3-11)26(24,25)20-7-6-15(22)19-10-16(23)18(8-13(17)21)9-14(19)20/h2-5,14H,6-10H2,1H3,(H2,17,21)/t14-/m0/s1. The lowest BCUT2D eigenvalue weighted by molar-refractivity contribution is -0.157. The van der Waals surface area contributed by atoms with Gasteiger partial charge in [-0.2, -0.15) is 4.31 Å². The molecule has 0 saturated carbocycles. The molecule has 2 fully saturated rings. The van der Waals surface area contributed by atoms with E-state index in [4.69, 9.17) is 5.73 Å². The third-order valence-corrected chi connectivity index (χ3v) is 6.49. The molecule has 2 N–H and O–H groups in total. The number of aryl methyl sites for hydroxylation is 1. The molecular weight excluding hydrogens is 360 g/mol. The summed E-state index contributed by atoms with van der Waals surface area (Å²) >= 11 is 0. The highest BCUT2D eigenvalue weighted by Crippen LogP contribution is 2.27. The summed E-state index contributed by atoms with van der Waals surface area (Å²) in [7, 11) is -3.86. The van der Waals surface area contributed by atoms with E-state index in [0.29, 0.717) is 0 Å². The van der Waals surface area contributed by atoms with Crippen LogP contribution in [0.1, 0.15) is 12.0 Å². The van der Waals surface area contributed by atoms with Crippen LogP contribution in [0.15, 0.2) is 29.2 Å². The van der Waals surface area contributed by atoms with Gasteiger partial charge in [0, 0.05) is 13.0 Å². The lowest BCUT2D eigenvalue weighted by atomic mass is 10.1. The van der Waals surface area contributed by atoms with Gasteiger partial charge in [-0.15, -0.1) is 0 Å². The highest BCUT2D eigenvalue weighted by molar-refractivity contribution is 7.89. The maximum Gasteiger partial charge on any atom is 0.244 e. The number of benzene rings is 1. The fourth-order valence-electron chi connectivity index (χ4n) is 3.21. The van der Waals surface area contributed by atoms with Crippen LogP contribution in [0.5, 0.6) is 0 Å². The van der Waals surface area contributed by atoms with Crippen molar-refractivity contribution in [3.05, 3.63) is 29.8 Å². The molecule has 0 spiro atoms. The van der Waals surface area contributed by atoms with Crippen LogP contribution in [0.3, 0.4) is 0 Å². The van der Waals surface area contributed by atoms with Gasteiger partial charge in [-0.1, -0.05) is 17.7 Å². The Kier molecular flexibility index (Phi) is 4.72. The molecule has 0 aromatic heterocycles. The SMILES string of the molecule is Cc1ccc(S(=O)(=O)N2CCC(=O)N3CC(=O)N(CC(N)=O)C[C@@H]32)cc1. The quantitative estimate of drug-likeness (QED) is 0.709. The Morgan fingerprint density at radius 1 is 1.19 bits per heavy atom. The van der Waals surface area contributed by atoms with E-state index in [1.807, 2.05) is 6.92 Å². The van der Waals surface area contributed by atoms with Crippen molar-refractivity contribution in [1.82, 2.24) is 14.1 Å². The van der Waals surface area contributed by atoms with Gasteiger partial charge >= 0.3 is 0 Å². The first-order chi connectivity index (χ1) is 12.2. The maximum absolute atomic E-state index is 13.1. The summed E-state index contributed by atoms with van der Waals surface area (Å²) in [5.41, 5.74) is 6.09. The number of carbonyl (C=O) groups excluding carboxylic acids is 3. The average Bonchev–Trinajstić information content (AvgIpc) is 2.56. The molecule has 9 nitrogen and oxygen atoms in total. The number of sulfonamides is 1. The van der Waals surface area contributed by atoms with Crippen molar-refractivity contribution in [3.8, 4) is 0 Å². The lowest BCUT2D eigenvalue weighted by Crippen LogP contribution is -2.68. The smallest absolute Gasteiger partial charge is 0.244 e. The topological polar surface area (TPSA) is 121 Å². The van der Waals surface area contributed by atoms with E-state index >= 15 is 0 Å². The molecule has 3 amide bonds. The highest BCUT2D eigenvalue weighted by atomic mass is 32.2. The van der Waals surface area contributed by atoms with Gasteiger partial charge in [0.05, 0.1) is 18.0 Å². The van der Waals surface area contributed by atoms with Crippen molar-refractivity contribution >= 4 is 27.7 Å². The lowest BCUT2D eigenvalue weighted by Gasteiger charge is -2.47. The summed E-state index contributed by atoms with van der Waals surface area (Å²) in [6.07, 6.45) is -0.843. The van der Waals surface area contributed by atoms with Crippen LogP contribution < -0.4 is 5.73 Å². The highest BCUT2D eigenvalue weighted by Gasteiger charge is 2.46. The molecule has 140 valence electrons. The van der Waals surface area contributed by atoms with Gasteiger partial charge in [-0.25, -0.2) is 8.42 Å². The fraction of sp³-hybridized carbons (Fsp3) is 0.438. The number of hydrogen-bond acceptors (Lipinski definition) is 5. The molecule has 26 heavy (non-hydrogen) atoms. The number of piperazine rings is 1. The second-order valence-electron chi connectivity index (χ2n) is 6.42. The van der Waals surface area contributed by atoms with Crippen LogP contribution >= 0.6 is 0 Å². The number of hydrogen-bond donors (Lipinski definition) is 1. The third kappa shape index (κ3) is 3.29. The number of amides is 3. The van der Waals surface area contributed by atoms with Crippen molar-refractivity contribution in [1.29, 1.82) is 0 Å². The van der Waals surface area contributed by atoms with Gasteiger partial charge in [0.1, 0.15) is 12.7 Å². The van der Waals surface area contributed by atoms with E-state index in [-0.39, 0.29) is 43.4 Å². The first-order valence-corrected chi connectivity index (χ1v) is 9.58. The van der Waals surface area contributed by atoms with E-state index in [1.54, 1.807) is 12.1 Å². The minimum Gasteiger partial charge on any atom is -0.368 e. The van der Waals surface area contributed by atoms with Crippen molar-refractivity contribution in [3.63, 3.8) is 0 Å². The number of carbonyl (C=O) groups is 3. The Morgan fingerprint density at radius 3 is 2.46 bits per heavy atom. The predicted octanol–water partition coefficient (Wildman–Crippen LogP) is -1.13. The third-order valence-electron chi connectivity index (χ3n) is 4.57. The molecule has 1 aromatic carbocycles. The molecule has 2 saturated heterocycles. The fourth-order valence-corrected chi connectivity index (χ4v) is 4.80. The summed E-state index contributed by atoms with van der Waals surface area (Å²) in [6, 6.07) is 6.42. The van der Waals surface area contributed by atoms with Gasteiger partial charge in [0.15, 0.2) is 0 Å². The second kappa shape index (κ2) is 6.69. The first-order valence-electron chi connectivity index (χ1n) is 8.14. The Balaban J connectivity index is 1.94. The largest absolute Gasteiger partial charge is 0.368 e. The summed E-state index contributed by atoms with van der Waals surface area (Å²) in [5.74, 6) is -1.40. The van der Waals surface area contributed by atoms with Crippen LogP contribution in [0.4, 0.5) is 0 Å². The zero-order valence-corrected chi connectivity index (χ0v) is 15.1. The van der Waals surface area contributed by atoms with Crippen LogP contribution in [-0.4, -0.2) is 72.6 Å². The molecule has 2 heterocycles. The molecule has 0 bridgehead atoms. The molecule has 3 rings (SSSR count). The molecule has 2 aliphatic rings. The Hall–Kier alpha value is -2.46. The average molecular weight is 380 g/mol. The molecular formula is C16H20N4O5S. The van der Waals surface area contributed by atoms with E-state index in [9.17, 15) is 22.8 Å². The number of primary amides is 1. The molecule has 0 unspecified atom stereocenters. The number of nitrogens with two attached hydrogens (primary N) is 1. The number of fused-ring (bicyclic) bond motifs is 1. The Morgan fingerprint density at radius 2 is 1.85 bits per heavy atom. The summed E-state index contributed by atoms with van der Waals surface area (Å²) < 4.78 is 27.3. The van der Waals surface area contributed by atoms with Crippen LogP contribution in [-0.2, 0) is 24.4 Å². The van der Waals surface area contributed by atoms with Crippen molar-refractivity contribution in [2.75, 3.05) is 26.2 Å². The number of nitrogens with zero attached hydrogens (tertiary/aromatic N) is 3. The molecule has 2 aliphatic heterocycles. The predicted molar refractivity (Wildman–Crippen MR) is 91.0 cm³/mol. The molecule has 0 aliphatic carbocycles. The van der Waals surface area contributed by atoms with Gasteiger partial charge in [-0.05, 0) is 19.1 Å². The Bertz CT molecular complexity index is 852.